The number of piperazine rings is 1. The molecule has 2 aromatic rings. The van der Waals surface area contributed by atoms with Crippen molar-refractivity contribution >= 4 is 23.2 Å². The summed E-state index contributed by atoms with van der Waals surface area (Å²) in [5, 5.41) is 3.75. The quantitative estimate of drug-likeness (QED) is 0.824. The minimum atomic E-state index is -0.191. The molecular formula is C21H26ClN3O2. The number of hydrogen-bond acceptors (Lipinski definition) is 4. The number of benzene rings is 2. The van der Waals surface area contributed by atoms with Gasteiger partial charge < -0.3 is 10.1 Å². The molecule has 0 saturated carbocycles. The Bertz CT molecular complexity index is 776. The molecular weight excluding hydrogens is 362 g/mol. The molecule has 1 N–H and O–H groups in total. The van der Waals surface area contributed by atoms with Gasteiger partial charge in [-0.1, -0.05) is 35.9 Å². The molecule has 2 aromatic carbocycles. The van der Waals surface area contributed by atoms with Gasteiger partial charge in [0.25, 0.3) is 0 Å². The van der Waals surface area contributed by atoms with Crippen LogP contribution in [-0.2, 0) is 11.3 Å². The molecule has 1 aliphatic rings. The molecule has 1 amide bonds. The van der Waals surface area contributed by atoms with Gasteiger partial charge in [0.1, 0.15) is 5.75 Å². The highest BCUT2D eigenvalue weighted by atomic mass is 35.5. The molecule has 1 heterocycles. The van der Waals surface area contributed by atoms with E-state index in [1.807, 2.05) is 49.4 Å². The Balaban J connectivity index is 1.51. The number of ether oxygens (including phenoxy) is 1. The van der Waals surface area contributed by atoms with Crippen LogP contribution in [0.3, 0.4) is 0 Å². The van der Waals surface area contributed by atoms with E-state index in [0.29, 0.717) is 11.4 Å². The summed E-state index contributed by atoms with van der Waals surface area (Å²) in [7, 11) is 1.60. The number of hydrogen-bond donors (Lipinski definition) is 1. The largest absolute Gasteiger partial charge is 0.495 e. The van der Waals surface area contributed by atoms with Gasteiger partial charge in [-0.2, -0.15) is 0 Å². The van der Waals surface area contributed by atoms with Crippen LogP contribution in [0.25, 0.3) is 0 Å². The van der Waals surface area contributed by atoms with E-state index in [0.717, 1.165) is 37.7 Å². The van der Waals surface area contributed by atoms with E-state index in [4.69, 9.17) is 16.3 Å². The fourth-order valence-corrected chi connectivity index (χ4v) is 3.57. The molecule has 0 aromatic heterocycles. The first-order valence-corrected chi connectivity index (χ1v) is 9.59. The van der Waals surface area contributed by atoms with Crippen LogP contribution in [0.5, 0.6) is 5.75 Å². The van der Waals surface area contributed by atoms with Crippen molar-refractivity contribution in [2.24, 2.45) is 0 Å². The molecule has 144 valence electrons. The zero-order valence-corrected chi connectivity index (χ0v) is 16.6. The van der Waals surface area contributed by atoms with Crippen molar-refractivity contribution < 1.29 is 9.53 Å². The minimum Gasteiger partial charge on any atom is -0.495 e. The van der Waals surface area contributed by atoms with Crippen LogP contribution in [-0.4, -0.2) is 55.0 Å². The Morgan fingerprint density at radius 2 is 1.89 bits per heavy atom. The van der Waals surface area contributed by atoms with Gasteiger partial charge in [0.05, 0.1) is 18.8 Å². The van der Waals surface area contributed by atoms with Gasteiger partial charge in [0, 0.05) is 37.7 Å². The maximum Gasteiger partial charge on any atom is 0.241 e. The number of carbonyl (C=O) groups is 1. The second kappa shape index (κ2) is 9.22. The van der Waals surface area contributed by atoms with Crippen molar-refractivity contribution in [1.29, 1.82) is 0 Å². The second-order valence-corrected chi connectivity index (χ2v) is 7.24. The number of nitrogens with zero attached hydrogens (tertiary/aromatic N) is 2. The Kier molecular flexibility index (Phi) is 6.72. The van der Waals surface area contributed by atoms with Gasteiger partial charge >= 0.3 is 0 Å². The third kappa shape index (κ3) is 5.22. The number of nitrogens with one attached hydrogen (secondary N) is 1. The molecule has 1 saturated heterocycles. The number of amides is 1. The first-order chi connectivity index (χ1) is 13.1. The molecule has 0 unspecified atom stereocenters. The van der Waals surface area contributed by atoms with Crippen molar-refractivity contribution in [2.45, 2.75) is 19.5 Å². The number of para-hydroxylation sites is 2. The smallest absolute Gasteiger partial charge is 0.241 e. The molecule has 1 atom stereocenters. The zero-order valence-electron chi connectivity index (χ0n) is 15.8. The Labute approximate surface area is 165 Å². The van der Waals surface area contributed by atoms with Crippen LogP contribution < -0.4 is 10.1 Å². The van der Waals surface area contributed by atoms with Crippen molar-refractivity contribution in [3.8, 4) is 5.75 Å². The lowest BCUT2D eigenvalue weighted by Gasteiger charge is -2.37. The van der Waals surface area contributed by atoms with Crippen molar-refractivity contribution in [2.75, 3.05) is 38.6 Å². The summed E-state index contributed by atoms with van der Waals surface area (Å²) in [6.07, 6.45) is 0. The number of anilines is 1. The van der Waals surface area contributed by atoms with Gasteiger partial charge in [0.15, 0.2) is 0 Å². The summed E-state index contributed by atoms with van der Waals surface area (Å²) in [5.74, 6) is 0.659. The van der Waals surface area contributed by atoms with Gasteiger partial charge in [-0.25, -0.2) is 0 Å². The second-order valence-electron chi connectivity index (χ2n) is 6.81. The van der Waals surface area contributed by atoms with E-state index >= 15 is 0 Å². The summed E-state index contributed by atoms with van der Waals surface area (Å²) in [5.41, 5.74) is 1.93. The molecule has 6 heteroatoms. The summed E-state index contributed by atoms with van der Waals surface area (Å²) < 4.78 is 5.31. The number of carbonyl (C=O) groups excluding carboxylic acids is 1. The van der Waals surface area contributed by atoms with Gasteiger partial charge in [-0.05, 0) is 36.8 Å². The van der Waals surface area contributed by atoms with Crippen LogP contribution in [0.1, 0.15) is 12.5 Å². The Morgan fingerprint density at radius 3 is 2.59 bits per heavy atom. The third-order valence-electron chi connectivity index (χ3n) is 4.99. The predicted octanol–water partition coefficient (Wildman–Crippen LogP) is 3.49. The van der Waals surface area contributed by atoms with Gasteiger partial charge in [0.2, 0.25) is 5.91 Å². The van der Waals surface area contributed by atoms with Crippen molar-refractivity contribution in [1.82, 2.24) is 9.80 Å². The highest BCUT2D eigenvalue weighted by molar-refractivity contribution is 6.30. The molecule has 0 radical (unpaired) electrons. The van der Waals surface area contributed by atoms with Crippen LogP contribution in [0, 0.1) is 0 Å². The number of methoxy groups -OCH3 is 1. The van der Waals surface area contributed by atoms with E-state index in [9.17, 15) is 4.79 Å². The van der Waals surface area contributed by atoms with E-state index in [2.05, 4.69) is 21.2 Å². The Hall–Kier alpha value is -2.08. The molecule has 0 aliphatic carbocycles. The number of rotatable bonds is 6. The standard InChI is InChI=1S/C21H26ClN3O2/c1-16(21(26)23-19-8-3-4-9-20(19)27-2)25-12-10-24(11-13-25)15-17-6-5-7-18(22)14-17/h3-9,14,16H,10-13,15H2,1-2H3,(H,23,26)/t16-/m1/s1. The molecule has 0 bridgehead atoms. The van der Waals surface area contributed by atoms with E-state index in [-0.39, 0.29) is 11.9 Å². The predicted molar refractivity (Wildman–Crippen MR) is 109 cm³/mol. The molecule has 1 aliphatic heterocycles. The molecule has 27 heavy (non-hydrogen) atoms. The normalized spacial score (nSPS) is 16.7. The average Bonchev–Trinajstić information content (AvgIpc) is 2.68. The maximum atomic E-state index is 12.7. The van der Waals surface area contributed by atoms with E-state index in [1.165, 1.54) is 5.56 Å². The van der Waals surface area contributed by atoms with Gasteiger partial charge in [-0.3, -0.25) is 14.6 Å². The summed E-state index contributed by atoms with van der Waals surface area (Å²) in [4.78, 5) is 17.3. The summed E-state index contributed by atoms with van der Waals surface area (Å²) >= 11 is 6.07. The molecule has 1 fully saturated rings. The van der Waals surface area contributed by atoms with Gasteiger partial charge in [-0.15, -0.1) is 0 Å². The highest BCUT2D eigenvalue weighted by Gasteiger charge is 2.26. The topological polar surface area (TPSA) is 44.8 Å². The van der Waals surface area contributed by atoms with Crippen LogP contribution in [0.4, 0.5) is 5.69 Å². The first-order valence-electron chi connectivity index (χ1n) is 9.21. The maximum absolute atomic E-state index is 12.7. The molecule has 5 nitrogen and oxygen atoms in total. The zero-order chi connectivity index (χ0) is 19.2. The molecule has 3 rings (SSSR count). The third-order valence-corrected chi connectivity index (χ3v) is 5.23. The molecule has 0 spiro atoms. The fourth-order valence-electron chi connectivity index (χ4n) is 3.35. The monoisotopic (exact) mass is 387 g/mol. The first kappa shape index (κ1) is 19.7. The van der Waals surface area contributed by atoms with Crippen LogP contribution in [0.2, 0.25) is 5.02 Å². The minimum absolute atomic E-state index is 0.0113. The lowest BCUT2D eigenvalue weighted by Crippen LogP contribution is -2.52. The number of halogens is 1. The van der Waals surface area contributed by atoms with Crippen LogP contribution >= 0.6 is 11.6 Å². The summed E-state index contributed by atoms with van der Waals surface area (Å²) in [6, 6.07) is 15.3. The Morgan fingerprint density at radius 1 is 1.15 bits per heavy atom. The van der Waals surface area contributed by atoms with E-state index < -0.39 is 0 Å². The lowest BCUT2D eigenvalue weighted by atomic mass is 10.1. The SMILES string of the molecule is COc1ccccc1NC(=O)[C@@H](C)N1CCN(Cc2cccc(Cl)c2)CC1. The fraction of sp³-hybridized carbons (Fsp3) is 0.381. The highest BCUT2D eigenvalue weighted by Crippen LogP contribution is 2.23. The van der Waals surface area contributed by atoms with Crippen molar-refractivity contribution in [3.63, 3.8) is 0 Å². The van der Waals surface area contributed by atoms with Crippen LogP contribution in [0.15, 0.2) is 48.5 Å². The summed E-state index contributed by atoms with van der Waals surface area (Å²) in [6.45, 7) is 6.42. The van der Waals surface area contributed by atoms with Crippen molar-refractivity contribution in [3.05, 3.63) is 59.1 Å². The van der Waals surface area contributed by atoms with E-state index in [1.54, 1.807) is 7.11 Å². The lowest BCUT2D eigenvalue weighted by molar-refractivity contribution is -0.121. The average molecular weight is 388 g/mol.